The van der Waals surface area contributed by atoms with E-state index in [4.69, 9.17) is 9.84 Å². The van der Waals surface area contributed by atoms with Crippen LogP contribution in [0.4, 0.5) is 5.69 Å². The van der Waals surface area contributed by atoms with Crippen molar-refractivity contribution in [3.63, 3.8) is 0 Å². The first-order chi connectivity index (χ1) is 16.8. The Kier molecular flexibility index (Phi) is 7.81. The maximum absolute atomic E-state index is 14.0. The summed E-state index contributed by atoms with van der Waals surface area (Å²) in [6.07, 6.45) is 4.05. The lowest BCUT2D eigenvalue weighted by Crippen LogP contribution is -2.54. The number of fused-ring (bicyclic) bond motifs is 1. The third-order valence-corrected chi connectivity index (χ3v) is 10.2. The van der Waals surface area contributed by atoms with Crippen LogP contribution in [-0.2, 0) is 19.1 Å². The summed E-state index contributed by atoms with van der Waals surface area (Å²) in [5.74, 6) is -1.47. The number of amides is 2. The first kappa shape index (κ1) is 26.0. The Morgan fingerprint density at radius 2 is 1.89 bits per heavy atom. The molecule has 0 saturated carbocycles. The first-order valence-electron chi connectivity index (χ1n) is 12.9. The number of carbonyl (C=O) groups excluding carboxylic acids is 3. The molecule has 2 N–H and O–H groups in total. The largest absolute Gasteiger partial charge is 0.466 e. The second-order valence-electron chi connectivity index (χ2n) is 10.2. The zero-order valence-electron chi connectivity index (χ0n) is 21.2. The van der Waals surface area contributed by atoms with E-state index < -0.39 is 22.6 Å². The number of ether oxygens (including phenoxy) is 1. The highest BCUT2D eigenvalue weighted by Gasteiger charge is 2.76. The molecule has 35 heavy (non-hydrogen) atoms. The van der Waals surface area contributed by atoms with Crippen LogP contribution in [0, 0.1) is 31.6 Å². The fraction of sp³-hybridized carbons (Fsp3) is 0.667. The molecule has 2 bridgehead atoms. The molecular formula is C27H38N2O5S. The molecule has 8 heteroatoms. The van der Waals surface area contributed by atoms with Gasteiger partial charge in [-0.2, -0.15) is 0 Å². The number of aliphatic hydroxyl groups is 1. The number of para-hydroxylation sites is 1. The highest BCUT2D eigenvalue weighted by molar-refractivity contribution is 8.02. The maximum Gasteiger partial charge on any atom is 0.310 e. The average Bonchev–Trinajstić information content (AvgIpc) is 3.40. The van der Waals surface area contributed by atoms with E-state index in [0.29, 0.717) is 6.54 Å². The minimum atomic E-state index is -0.638. The van der Waals surface area contributed by atoms with E-state index in [0.717, 1.165) is 48.9 Å². The number of aliphatic hydroxyl groups excluding tert-OH is 1. The van der Waals surface area contributed by atoms with Gasteiger partial charge in [-0.1, -0.05) is 38.0 Å². The zero-order valence-corrected chi connectivity index (χ0v) is 22.0. The lowest BCUT2D eigenvalue weighted by Gasteiger charge is -2.38. The lowest BCUT2D eigenvalue weighted by molar-refractivity contribution is -0.154. The smallest absolute Gasteiger partial charge is 0.310 e. The first-order valence-corrected chi connectivity index (χ1v) is 13.8. The van der Waals surface area contributed by atoms with Crippen LogP contribution in [0.3, 0.4) is 0 Å². The number of hydrogen-bond donors (Lipinski definition) is 2. The number of nitrogens with one attached hydrogen (secondary N) is 1. The summed E-state index contributed by atoms with van der Waals surface area (Å²) in [6, 6.07) is 5.27. The van der Waals surface area contributed by atoms with Gasteiger partial charge in [0.25, 0.3) is 0 Å². The monoisotopic (exact) mass is 502 g/mol. The number of aryl methyl sites for hydroxylation is 2. The molecule has 2 amide bonds. The van der Waals surface area contributed by atoms with Gasteiger partial charge in [0.15, 0.2) is 0 Å². The van der Waals surface area contributed by atoms with Crippen molar-refractivity contribution in [2.45, 2.75) is 75.8 Å². The van der Waals surface area contributed by atoms with Crippen LogP contribution >= 0.6 is 11.8 Å². The fourth-order valence-corrected chi connectivity index (χ4v) is 8.93. The van der Waals surface area contributed by atoms with Gasteiger partial charge in [-0.25, -0.2) is 0 Å². The van der Waals surface area contributed by atoms with E-state index in [1.54, 1.807) is 23.6 Å². The van der Waals surface area contributed by atoms with E-state index in [-0.39, 0.29) is 42.2 Å². The van der Waals surface area contributed by atoms with Crippen molar-refractivity contribution in [2.75, 3.05) is 25.1 Å². The molecule has 1 aromatic rings. The molecule has 3 heterocycles. The quantitative estimate of drug-likeness (QED) is 0.374. The summed E-state index contributed by atoms with van der Waals surface area (Å²) in [4.78, 5) is 42.7. The molecule has 6 atom stereocenters. The Labute approximate surface area is 212 Å². The number of likely N-dealkylation sites (tertiary alicyclic amines) is 1. The third-order valence-electron chi connectivity index (χ3n) is 8.09. The van der Waals surface area contributed by atoms with Crippen molar-refractivity contribution in [2.24, 2.45) is 17.8 Å². The summed E-state index contributed by atoms with van der Waals surface area (Å²) < 4.78 is 4.77. The normalized spacial score (nSPS) is 31.1. The van der Waals surface area contributed by atoms with E-state index in [2.05, 4.69) is 12.2 Å². The van der Waals surface area contributed by atoms with Crippen molar-refractivity contribution in [3.05, 3.63) is 29.3 Å². The van der Waals surface area contributed by atoms with Crippen molar-refractivity contribution in [1.82, 2.24) is 4.90 Å². The van der Waals surface area contributed by atoms with Crippen molar-refractivity contribution in [1.29, 1.82) is 0 Å². The number of hydrogen-bond acceptors (Lipinski definition) is 6. The molecule has 3 fully saturated rings. The molecule has 3 aliphatic rings. The topological polar surface area (TPSA) is 95.9 Å². The van der Waals surface area contributed by atoms with Gasteiger partial charge >= 0.3 is 5.97 Å². The van der Waals surface area contributed by atoms with Crippen LogP contribution in [0.1, 0.15) is 57.1 Å². The van der Waals surface area contributed by atoms with Gasteiger partial charge in [-0.15, -0.1) is 11.8 Å². The Morgan fingerprint density at radius 1 is 1.20 bits per heavy atom. The van der Waals surface area contributed by atoms with Crippen molar-refractivity contribution in [3.8, 4) is 0 Å². The summed E-state index contributed by atoms with van der Waals surface area (Å²) in [7, 11) is 0. The molecule has 192 valence electrons. The Morgan fingerprint density at radius 3 is 2.54 bits per heavy atom. The summed E-state index contributed by atoms with van der Waals surface area (Å²) >= 11 is 1.67. The summed E-state index contributed by atoms with van der Waals surface area (Å²) in [5, 5.41) is 12.3. The highest BCUT2D eigenvalue weighted by atomic mass is 32.2. The molecule has 1 spiro atoms. The molecule has 7 nitrogen and oxygen atoms in total. The van der Waals surface area contributed by atoms with E-state index in [9.17, 15) is 14.4 Å². The molecule has 4 rings (SSSR count). The molecule has 1 aromatic carbocycles. The standard InChI is InChI=1S/C27H38N2O5S/c1-5-34-26(33)20-19-15-18(4)27(35-19)21(20)25(32)29(13-8-6-7-9-14-30)23(27)24(31)28-22-16(2)11-10-12-17(22)3/h10-12,18-21,23,30H,5-9,13-15H2,1-4H3,(H,28,31)/t18?,19-,20+,21-,23?,27?/m0/s1. The van der Waals surface area contributed by atoms with Crippen LogP contribution in [0.5, 0.6) is 0 Å². The van der Waals surface area contributed by atoms with Crippen LogP contribution in [-0.4, -0.2) is 63.6 Å². The van der Waals surface area contributed by atoms with Crippen molar-refractivity contribution >= 4 is 35.2 Å². The molecule has 0 aromatic heterocycles. The SMILES string of the molecule is CCOC(=O)[C@@H]1[C@@H]2CC(C)C3(S2)C(C(=O)Nc2c(C)cccc2C)N(CCCCCCO)C(=O)[C@H]13. The second-order valence-corrected chi connectivity index (χ2v) is 11.8. The van der Waals surface area contributed by atoms with Gasteiger partial charge in [-0.3, -0.25) is 14.4 Å². The van der Waals surface area contributed by atoms with Gasteiger partial charge < -0.3 is 20.1 Å². The number of thioether (sulfide) groups is 1. The van der Waals surface area contributed by atoms with E-state index in [1.807, 2.05) is 32.0 Å². The van der Waals surface area contributed by atoms with E-state index in [1.165, 1.54) is 0 Å². The van der Waals surface area contributed by atoms with Gasteiger partial charge in [0.2, 0.25) is 11.8 Å². The number of anilines is 1. The van der Waals surface area contributed by atoms with Crippen LogP contribution in [0.25, 0.3) is 0 Å². The number of rotatable bonds is 10. The Balaban J connectivity index is 1.68. The number of benzene rings is 1. The van der Waals surface area contributed by atoms with Gasteiger partial charge in [0.05, 0.1) is 23.2 Å². The minimum Gasteiger partial charge on any atom is -0.466 e. The highest BCUT2D eigenvalue weighted by Crippen LogP contribution is 2.68. The average molecular weight is 503 g/mol. The summed E-state index contributed by atoms with van der Waals surface area (Å²) in [6.45, 7) is 8.76. The number of unbranched alkanes of at least 4 members (excludes halogenated alkanes) is 3. The fourth-order valence-electron chi connectivity index (χ4n) is 6.52. The Bertz CT molecular complexity index is 964. The minimum absolute atomic E-state index is 0.000187. The third kappa shape index (κ3) is 4.37. The molecule has 0 aliphatic carbocycles. The molecule has 3 saturated heterocycles. The van der Waals surface area contributed by atoms with Crippen LogP contribution in [0.2, 0.25) is 0 Å². The van der Waals surface area contributed by atoms with E-state index >= 15 is 0 Å². The number of carbonyl (C=O) groups is 3. The maximum atomic E-state index is 14.0. The molecular weight excluding hydrogens is 464 g/mol. The molecule has 3 unspecified atom stereocenters. The summed E-state index contributed by atoms with van der Waals surface area (Å²) in [5.41, 5.74) is 2.75. The Hall–Kier alpha value is -2.06. The number of esters is 1. The van der Waals surface area contributed by atoms with Crippen molar-refractivity contribution < 1.29 is 24.2 Å². The van der Waals surface area contributed by atoms with Crippen LogP contribution in [0.15, 0.2) is 18.2 Å². The second kappa shape index (κ2) is 10.5. The molecule has 3 aliphatic heterocycles. The van der Waals surface area contributed by atoms with Gasteiger partial charge in [0.1, 0.15) is 6.04 Å². The molecule has 0 radical (unpaired) electrons. The van der Waals surface area contributed by atoms with Gasteiger partial charge in [0, 0.05) is 24.1 Å². The van der Waals surface area contributed by atoms with Gasteiger partial charge in [-0.05, 0) is 57.1 Å². The predicted molar refractivity (Wildman–Crippen MR) is 137 cm³/mol. The van der Waals surface area contributed by atoms with Crippen LogP contribution < -0.4 is 5.32 Å². The predicted octanol–water partition coefficient (Wildman–Crippen LogP) is 3.69. The number of nitrogens with zero attached hydrogens (tertiary/aromatic N) is 1. The lowest BCUT2D eigenvalue weighted by atomic mass is 9.66. The zero-order chi connectivity index (χ0) is 25.3.